The van der Waals surface area contributed by atoms with Crippen LogP contribution in [0.25, 0.3) is 0 Å². The Kier molecular flexibility index (Phi) is 10.7. The lowest BCUT2D eigenvalue weighted by Crippen LogP contribution is -2.41. The summed E-state index contributed by atoms with van der Waals surface area (Å²) in [6.07, 6.45) is 9.52. The average Bonchev–Trinajstić information content (AvgIpc) is 3.58. The van der Waals surface area contributed by atoms with E-state index < -0.39 is 9.52 Å². The molecule has 4 heteroatoms. The van der Waals surface area contributed by atoms with E-state index in [1.165, 1.54) is 28.5 Å². The highest BCUT2D eigenvalue weighted by molar-refractivity contribution is 6.89. The molecule has 1 atom stereocenters. The van der Waals surface area contributed by atoms with Gasteiger partial charge in [-0.2, -0.15) is 0 Å². The molecule has 0 aliphatic rings. The van der Waals surface area contributed by atoms with Crippen LogP contribution < -0.4 is 10.9 Å². The van der Waals surface area contributed by atoms with Gasteiger partial charge in [-0.25, -0.2) is 4.98 Å². The Morgan fingerprint density at radius 1 is 0.800 bits per heavy atom. The number of hydrogen-bond acceptors (Lipinski definition) is 1. The van der Waals surface area contributed by atoms with Crippen LogP contribution in [-0.2, 0) is 5.16 Å². The van der Waals surface area contributed by atoms with Crippen LogP contribution in [0.4, 0.5) is 0 Å². The van der Waals surface area contributed by atoms with Crippen molar-refractivity contribution in [2.75, 3.05) is 0 Å². The Morgan fingerprint density at radius 3 is 1.68 bits per heavy atom. The van der Waals surface area contributed by atoms with Crippen molar-refractivity contribution >= 4 is 27.2 Å². The summed E-state index contributed by atoms with van der Waals surface area (Å²) in [5, 5.41) is -0.150. The normalized spacial score (nSPS) is 12.2. The van der Waals surface area contributed by atoms with Gasteiger partial charge in [0.15, 0.2) is 0 Å². The molecular weight excluding hydrogens is 499 g/mol. The van der Waals surface area contributed by atoms with Crippen LogP contribution in [0.3, 0.4) is 0 Å². The van der Waals surface area contributed by atoms with Gasteiger partial charge in [-0.3, -0.25) is 0 Å². The van der Waals surface area contributed by atoms with Crippen LogP contribution in [-0.4, -0.2) is 25.8 Å². The van der Waals surface area contributed by atoms with E-state index in [9.17, 15) is 0 Å². The molecule has 5 rings (SSSR count). The van der Waals surface area contributed by atoms with E-state index in [2.05, 4.69) is 157 Å². The molecule has 2 nitrogen and oxygen atoms in total. The van der Waals surface area contributed by atoms with Crippen LogP contribution in [0, 0.1) is 5.92 Å². The Balaban J connectivity index is 0.000000210. The van der Waals surface area contributed by atoms with Crippen LogP contribution in [0.15, 0.2) is 164 Å². The molecule has 5 aromatic rings. The van der Waals surface area contributed by atoms with Crippen molar-refractivity contribution in [1.82, 2.24) is 9.55 Å². The lowest BCUT2D eigenvalue weighted by molar-refractivity contribution is 0.595. The third kappa shape index (κ3) is 7.08. The molecule has 1 aromatic heterocycles. The predicted molar refractivity (Wildman–Crippen MR) is 177 cm³/mol. The average molecular weight is 539 g/mol. The van der Waals surface area contributed by atoms with E-state index in [0.29, 0.717) is 12.6 Å². The highest BCUT2D eigenvalue weighted by Gasteiger charge is 2.35. The lowest BCUT2D eigenvalue weighted by Gasteiger charge is -2.36. The second-order valence-corrected chi connectivity index (χ2v) is 12.0. The summed E-state index contributed by atoms with van der Waals surface area (Å²) in [4.78, 5) is 4.36. The van der Waals surface area contributed by atoms with Gasteiger partial charge in [0.1, 0.15) is 0 Å². The topological polar surface area (TPSA) is 17.8 Å². The third-order valence-electron chi connectivity index (χ3n) is 7.52. The van der Waals surface area contributed by atoms with Crippen molar-refractivity contribution in [2.24, 2.45) is 5.92 Å². The summed E-state index contributed by atoms with van der Waals surface area (Å²) >= 11 is 0. The second-order valence-electron chi connectivity index (χ2n) is 10.1. The minimum absolute atomic E-state index is 0.150. The smallest absolute Gasteiger partial charge is 0.233 e. The molecule has 4 aromatic carbocycles. The van der Waals surface area contributed by atoms with Crippen molar-refractivity contribution in [1.29, 1.82) is 0 Å². The largest absolute Gasteiger partial charge is 0.326 e. The van der Waals surface area contributed by atoms with E-state index in [0.717, 1.165) is 0 Å². The molecular formula is C36H39BN2Si. The van der Waals surface area contributed by atoms with Gasteiger partial charge >= 0.3 is 0 Å². The highest BCUT2D eigenvalue weighted by atomic mass is 28.2. The molecule has 200 valence electrons. The molecule has 1 heterocycles. The Hall–Kier alpha value is -4.15. The number of hydrogen-bond donors (Lipinski definition) is 0. The van der Waals surface area contributed by atoms with Crippen LogP contribution in [0.2, 0.25) is 0 Å². The number of allylic oxidation sites excluding steroid dienone is 1. The lowest BCUT2D eigenvalue weighted by atomic mass is 9.41. The van der Waals surface area contributed by atoms with E-state index in [-0.39, 0.29) is 5.16 Å². The van der Waals surface area contributed by atoms with Crippen molar-refractivity contribution in [3.63, 3.8) is 0 Å². The minimum atomic E-state index is -0.657. The maximum absolute atomic E-state index is 4.36. The zero-order chi connectivity index (χ0) is 28.0. The molecule has 0 radical (unpaired) electrons. The Labute approximate surface area is 243 Å². The van der Waals surface area contributed by atoms with Crippen LogP contribution >= 0.6 is 0 Å². The van der Waals surface area contributed by atoms with E-state index in [4.69, 9.17) is 0 Å². The SMILES string of the molecule is C=CB(c1ccccc1)c1ccccc1.CCC(C)C=C[SiH2]C(c1ccccc1)(c1ccccc1)n1ccnc1. The number of imidazole rings is 1. The van der Waals surface area contributed by atoms with E-state index in [1.54, 1.807) is 0 Å². The van der Waals surface area contributed by atoms with Crippen molar-refractivity contribution < 1.29 is 0 Å². The summed E-state index contributed by atoms with van der Waals surface area (Å²) < 4.78 is 2.30. The number of nitrogens with zero attached hydrogens (tertiary/aromatic N) is 2. The fraction of sp³-hybridized carbons (Fsp3) is 0.139. The summed E-state index contributed by atoms with van der Waals surface area (Å²) in [7, 11) is -0.657. The van der Waals surface area contributed by atoms with Gasteiger partial charge in [0.2, 0.25) is 6.71 Å². The number of aromatic nitrogens is 2. The first kappa shape index (κ1) is 28.8. The summed E-state index contributed by atoms with van der Waals surface area (Å²) in [5.41, 5.74) is 7.71. The van der Waals surface area contributed by atoms with Gasteiger partial charge < -0.3 is 4.57 Å². The Morgan fingerprint density at radius 2 is 1.27 bits per heavy atom. The van der Waals surface area contributed by atoms with Crippen molar-refractivity contribution in [3.8, 4) is 0 Å². The molecule has 0 amide bonds. The first-order chi connectivity index (χ1) is 19.7. The van der Waals surface area contributed by atoms with Gasteiger partial charge in [-0.15, -0.1) is 18.3 Å². The van der Waals surface area contributed by atoms with E-state index >= 15 is 0 Å². The van der Waals surface area contributed by atoms with Crippen LogP contribution in [0.5, 0.6) is 0 Å². The Bertz CT molecular complexity index is 1340. The number of benzene rings is 4. The fourth-order valence-corrected chi connectivity index (χ4v) is 7.39. The quantitative estimate of drug-likeness (QED) is 0.189. The summed E-state index contributed by atoms with van der Waals surface area (Å²) in [5.74, 6) is 2.62. The maximum Gasteiger partial charge on any atom is 0.233 e. The zero-order valence-electron chi connectivity index (χ0n) is 23.7. The highest BCUT2D eigenvalue weighted by Crippen LogP contribution is 2.33. The monoisotopic (exact) mass is 538 g/mol. The predicted octanol–water partition coefficient (Wildman–Crippen LogP) is 6.38. The van der Waals surface area contributed by atoms with Gasteiger partial charge in [-0.05, 0) is 17.0 Å². The standard InChI is InChI=1S/C22H26N2Si.C14H13B/c1-3-19(2)14-17-25-22(24-16-15-23-18-24,20-10-6-4-7-11-20)21-12-8-5-9-13-21;1-2-15(13-9-5-3-6-10-13)14-11-7-4-8-12-14/h4-19H,3,25H2,1-2H3;2-12H,1H2. The van der Waals surface area contributed by atoms with E-state index in [1.807, 2.05) is 30.6 Å². The van der Waals surface area contributed by atoms with Crippen LogP contribution in [0.1, 0.15) is 31.4 Å². The molecule has 0 bridgehead atoms. The minimum Gasteiger partial charge on any atom is -0.326 e. The number of rotatable bonds is 10. The first-order valence-electron chi connectivity index (χ1n) is 14.2. The molecule has 0 aliphatic heterocycles. The second kappa shape index (κ2) is 14.9. The first-order valence-corrected chi connectivity index (χ1v) is 15.7. The van der Waals surface area contributed by atoms with Crippen molar-refractivity contribution in [2.45, 2.75) is 25.4 Å². The van der Waals surface area contributed by atoms with Gasteiger partial charge in [0, 0.05) is 12.4 Å². The molecule has 0 spiro atoms. The fourth-order valence-electron chi connectivity index (χ4n) is 5.11. The summed E-state index contributed by atoms with van der Waals surface area (Å²) in [6, 6.07) is 42.6. The molecule has 0 saturated heterocycles. The summed E-state index contributed by atoms with van der Waals surface area (Å²) in [6.45, 7) is 8.74. The molecule has 40 heavy (non-hydrogen) atoms. The molecule has 0 saturated carbocycles. The molecule has 0 aliphatic carbocycles. The van der Waals surface area contributed by atoms with Gasteiger partial charge in [0.25, 0.3) is 0 Å². The zero-order valence-corrected chi connectivity index (χ0v) is 25.1. The van der Waals surface area contributed by atoms with Gasteiger partial charge in [0.05, 0.1) is 21.0 Å². The molecule has 1 unspecified atom stereocenters. The molecule has 0 N–H and O–H groups in total. The molecule has 0 fully saturated rings. The van der Waals surface area contributed by atoms with Crippen molar-refractivity contribution in [3.05, 3.63) is 176 Å². The maximum atomic E-state index is 4.36. The third-order valence-corrected chi connectivity index (χ3v) is 9.80. The van der Waals surface area contributed by atoms with Gasteiger partial charge in [-0.1, -0.05) is 159 Å².